The molecule has 1 aliphatic heterocycles. The molecule has 5 nitrogen and oxygen atoms in total. The van der Waals surface area contributed by atoms with E-state index in [-0.39, 0.29) is 17.2 Å². The van der Waals surface area contributed by atoms with Crippen LogP contribution in [0.15, 0.2) is 36.5 Å². The fraction of sp³-hybridized carbons (Fsp3) is 0.312. The molecule has 0 aliphatic carbocycles. The summed E-state index contributed by atoms with van der Waals surface area (Å²) in [6, 6.07) is 8.03. The Balaban J connectivity index is 1.86. The second-order valence-electron chi connectivity index (χ2n) is 5.75. The number of hydrogen-bond acceptors (Lipinski definition) is 4. The van der Waals surface area contributed by atoms with Gasteiger partial charge in [0.2, 0.25) is 0 Å². The summed E-state index contributed by atoms with van der Waals surface area (Å²) < 4.78 is 14.3. The molecule has 0 radical (unpaired) electrons. The third-order valence-corrected chi connectivity index (χ3v) is 4.94. The molecular weight excluding hydrogens is 315 g/mol. The van der Waals surface area contributed by atoms with Gasteiger partial charge in [0.25, 0.3) is 5.91 Å². The van der Waals surface area contributed by atoms with Crippen LogP contribution in [0.1, 0.15) is 29.4 Å². The molecule has 1 amide bonds. The van der Waals surface area contributed by atoms with E-state index in [2.05, 4.69) is 15.6 Å². The molecule has 0 spiro atoms. The summed E-state index contributed by atoms with van der Waals surface area (Å²) in [6.07, 6.45) is 2.44. The average molecular weight is 334 g/mol. The predicted molar refractivity (Wildman–Crippen MR) is 90.7 cm³/mol. The molecule has 2 aromatic rings. The maximum atomic E-state index is 14.3. The molecule has 2 unspecified atom stereocenters. The minimum absolute atomic E-state index is 0.231. The summed E-state index contributed by atoms with van der Waals surface area (Å²) in [5.41, 5.74) is 6.67. The molecule has 2 heterocycles. The van der Waals surface area contributed by atoms with Crippen LogP contribution in [-0.2, 0) is 5.54 Å². The van der Waals surface area contributed by atoms with Crippen LogP contribution in [0.5, 0.6) is 0 Å². The summed E-state index contributed by atoms with van der Waals surface area (Å²) in [7, 11) is 0. The van der Waals surface area contributed by atoms with Crippen molar-refractivity contribution in [3.63, 3.8) is 0 Å². The van der Waals surface area contributed by atoms with E-state index in [1.165, 1.54) is 6.07 Å². The number of nitrogens with two attached hydrogens (primary N) is 1. The van der Waals surface area contributed by atoms with Crippen molar-refractivity contribution >= 4 is 23.4 Å². The van der Waals surface area contributed by atoms with Crippen LogP contribution in [0, 0.1) is 5.82 Å². The number of halogens is 1. The van der Waals surface area contributed by atoms with Crippen molar-refractivity contribution in [1.29, 1.82) is 0 Å². The van der Waals surface area contributed by atoms with E-state index in [0.717, 1.165) is 12.2 Å². The highest BCUT2D eigenvalue weighted by Crippen LogP contribution is 2.34. The maximum Gasteiger partial charge on any atom is 0.272 e. The molecule has 5 N–H and O–H groups in total. The van der Waals surface area contributed by atoms with Crippen LogP contribution < -0.4 is 16.4 Å². The summed E-state index contributed by atoms with van der Waals surface area (Å²) in [6.45, 7) is 1.93. The van der Waals surface area contributed by atoms with Crippen LogP contribution in [0.4, 0.5) is 10.1 Å². The molecule has 0 bridgehead atoms. The van der Waals surface area contributed by atoms with Gasteiger partial charge in [-0.2, -0.15) is 0 Å². The average Bonchev–Trinajstić information content (AvgIpc) is 3.03. The van der Waals surface area contributed by atoms with Gasteiger partial charge >= 0.3 is 0 Å². The first kappa shape index (κ1) is 16.0. The van der Waals surface area contributed by atoms with Gasteiger partial charge in [-0.25, -0.2) is 4.39 Å². The second kappa shape index (κ2) is 6.35. The van der Waals surface area contributed by atoms with E-state index >= 15 is 0 Å². The Kier molecular flexibility index (Phi) is 4.43. The van der Waals surface area contributed by atoms with Gasteiger partial charge in [0.05, 0.1) is 0 Å². The lowest BCUT2D eigenvalue weighted by atomic mass is 9.88. The molecule has 1 fully saturated rings. The highest BCUT2D eigenvalue weighted by atomic mass is 32.2. The second-order valence-corrected chi connectivity index (χ2v) is 7.00. The van der Waals surface area contributed by atoms with Crippen molar-refractivity contribution in [3.05, 3.63) is 53.6 Å². The number of carbonyl (C=O) groups is 1. The first-order valence-electron chi connectivity index (χ1n) is 7.38. The van der Waals surface area contributed by atoms with E-state index in [4.69, 9.17) is 5.73 Å². The van der Waals surface area contributed by atoms with E-state index < -0.39 is 5.54 Å². The molecule has 3 rings (SSSR count). The molecular formula is C16H19FN4OS. The standard InChI is InChI=1S/C16H19FN4OS/c1-16(6-8-23-15(18)21-16)11-9-10(4-5-12(11)17)20-14(22)13-3-2-7-19-13/h2-5,7,9,15,19,21H,6,8,18H2,1H3,(H,20,22). The van der Waals surface area contributed by atoms with Crippen molar-refractivity contribution in [3.8, 4) is 0 Å². The highest BCUT2D eigenvalue weighted by molar-refractivity contribution is 7.99. The van der Waals surface area contributed by atoms with E-state index in [0.29, 0.717) is 16.9 Å². The highest BCUT2D eigenvalue weighted by Gasteiger charge is 2.34. The SMILES string of the molecule is CC1(c2cc(NC(=O)c3ccc[nH]3)ccc2F)CCSC(N)N1. The van der Waals surface area contributed by atoms with Crippen molar-refractivity contribution < 1.29 is 9.18 Å². The predicted octanol–water partition coefficient (Wildman–Crippen LogP) is 2.59. The zero-order valence-corrected chi connectivity index (χ0v) is 13.5. The first-order valence-corrected chi connectivity index (χ1v) is 8.42. The summed E-state index contributed by atoms with van der Waals surface area (Å²) in [5.74, 6) is 0.280. The van der Waals surface area contributed by atoms with Gasteiger partial charge in [0.1, 0.15) is 17.0 Å². The van der Waals surface area contributed by atoms with Gasteiger partial charge < -0.3 is 16.0 Å². The number of rotatable bonds is 3. The zero-order chi connectivity index (χ0) is 16.4. The molecule has 1 saturated heterocycles. The molecule has 0 saturated carbocycles. The monoisotopic (exact) mass is 334 g/mol. The van der Waals surface area contributed by atoms with Crippen molar-refractivity contribution in [2.75, 3.05) is 11.1 Å². The van der Waals surface area contributed by atoms with Crippen molar-refractivity contribution in [2.45, 2.75) is 24.4 Å². The smallest absolute Gasteiger partial charge is 0.272 e. The Labute approximate surface area is 138 Å². The number of carbonyl (C=O) groups excluding carboxylic acids is 1. The Hall–Kier alpha value is -1.83. The topological polar surface area (TPSA) is 82.9 Å². The summed E-state index contributed by atoms with van der Waals surface area (Å²) in [5, 5.41) is 6.02. The Bertz CT molecular complexity index is 706. The number of aromatic nitrogens is 1. The molecule has 2 atom stereocenters. The third-order valence-electron chi connectivity index (χ3n) is 4.02. The van der Waals surface area contributed by atoms with Gasteiger partial charge in [0.15, 0.2) is 0 Å². The summed E-state index contributed by atoms with van der Waals surface area (Å²) >= 11 is 1.60. The normalized spacial score (nSPS) is 24.4. The van der Waals surface area contributed by atoms with Crippen LogP contribution in [0.2, 0.25) is 0 Å². The minimum atomic E-state index is -0.554. The molecule has 23 heavy (non-hydrogen) atoms. The lowest BCUT2D eigenvalue weighted by Crippen LogP contribution is -2.52. The number of aromatic amines is 1. The number of anilines is 1. The van der Waals surface area contributed by atoms with Gasteiger partial charge in [-0.3, -0.25) is 10.1 Å². The Morgan fingerprint density at radius 1 is 1.48 bits per heavy atom. The lowest BCUT2D eigenvalue weighted by Gasteiger charge is -2.38. The van der Waals surface area contributed by atoms with Gasteiger partial charge in [-0.1, -0.05) is 0 Å². The number of amides is 1. The third kappa shape index (κ3) is 3.41. The Morgan fingerprint density at radius 3 is 3.00 bits per heavy atom. The minimum Gasteiger partial charge on any atom is -0.357 e. The van der Waals surface area contributed by atoms with Gasteiger partial charge in [0, 0.05) is 23.0 Å². The van der Waals surface area contributed by atoms with E-state index in [1.54, 1.807) is 42.2 Å². The Morgan fingerprint density at radius 2 is 2.30 bits per heavy atom. The van der Waals surface area contributed by atoms with Crippen molar-refractivity contribution in [1.82, 2.24) is 10.3 Å². The molecule has 122 valence electrons. The van der Waals surface area contributed by atoms with E-state index in [1.807, 2.05) is 6.92 Å². The van der Waals surface area contributed by atoms with Crippen LogP contribution in [0.3, 0.4) is 0 Å². The number of nitrogens with one attached hydrogen (secondary N) is 3. The van der Waals surface area contributed by atoms with Crippen LogP contribution >= 0.6 is 11.8 Å². The molecule has 1 aromatic carbocycles. The number of thioether (sulfide) groups is 1. The molecule has 7 heteroatoms. The zero-order valence-electron chi connectivity index (χ0n) is 12.7. The number of benzene rings is 1. The molecule has 1 aromatic heterocycles. The quantitative estimate of drug-likeness (QED) is 0.695. The maximum absolute atomic E-state index is 14.3. The van der Waals surface area contributed by atoms with Gasteiger partial charge in [-0.15, -0.1) is 11.8 Å². The molecule has 1 aliphatic rings. The summed E-state index contributed by atoms with van der Waals surface area (Å²) in [4.78, 5) is 14.9. The largest absolute Gasteiger partial charge is 0.357 e. The van der Waals surface area contributed by atoms with Crippen LogP contribution in [-0.4, -0.2) is 22.1 Å². The van der Waals surface area contributed by atoms with Crippen molar-refractivity contribution in [2.24, 2.45) is 5.73 Å². The van der Waals surface area contributed by atoms with E-state index in [9.17, 15) is 9.18 Å². The first-order chi connectivity index (χ1) is 11.0. The number of H-pyrrole nitrogens is 1. The fourth-order valence-electron chi connectivity index (χ4n) is 2.73. The lowest BCUT2D eigenvalue weighted by molar-refractivity contribution is 0.102. The number of hydrogen-bond donors (Lipinski definition) is 4. The van der Waals surface area contributed by atoms with Crippen LogP contribution in [0.25, 0.3) is 0 Å². The fourth-order valence-corrected chi connectivity index (χ4v) is 3.85. The van der Waals surface area contributed by atoms with Gasteiger partial charge in [-0.05, 0) is 49.4 Å².